The van der Waals surface area contributed by atoms with Gasteiger partial charge in [-0.1, -0.05) is 71.8 Å². The molecule has 2 aromatic rings. The van der Waals surface area contributed by atoms with Crippen LogP contribution in [0.5, 0.6) is 0 Å². The van der Waals surface area contributed by atoms with Crippen LogP contribution in [-0.4, -0.2) is 5.78 Å². The minimum Gasteiger partial charge on any atom is -0.294 e. The van der Waals surface area contributed by atoms with Crippen LogP contribution in [0.15, 0.2) is 71.8 Å². The molecule has 1 nitrogen and oxygen atoms in total. The van der Waals surface area contributed by atoms with E-state index >= 15 is 0 Å². The molecule has 0 N–H and O–H groups in total. The first-order valence-corrected chi connectivity index (χ1v) is 7.96. The van der Waals surface area contributed by atoms with Crippen molar-refractivity contribution in [1.29, 1.82) is 0 Å². The van der Waals surface area contributed by atoms with Gasteiger partial charge in [-0.25, -0.2) is 0 Å². The monoisotopic (exact) mass is 290 g/mol. The lowest BCUT2D eigenvalue weighted by Crippen LogP contribution is -2.26. The van der Waals surface area contributed by atoms with Gasteiger partial charge in [-0.3, -0.25) is 4.79 Å². The third-order valence-corrected chi connectivity index (χ3v) is 4.89. The van der Waals surface area contributed by atoms with E-state index in [9.17, 15) is 4.79 Å². The molecule has 112 valence electrons. The summed E-state index contributed by atoms with van der Waals surface area (Å²) in [5, 5.41) is 0. The van der Waals surface area contributed by atoms with Crippen LogP contribution < -0.4 is 0 Å². The normalized spacial score (nSPS) is 21.7. The molecular formula is C21H22O. The van der Waals surface area contributed by atoms with Gasteiger partial charge < -0.3 is 0 Å². The van der Waals surface area contributed by atoms with Crippen LogP contribution >= 0.6 is 0 Å². The highest BCUT2D eigenvalue weighted by atomic mass is 16.1. The molecule has 22 heavy (non-hydrogen) atoms. The lowest BCUT2D eigenvalue weighted by Gasteiger charge is -2.32. The van der Waals surface area contributed by atoms with Gasteiger partial charge in [0.25, 0.3) is 0 Å². The molecule has 1 heteroatoms. The SMILES string of the molecule is CC1=C(C)C[C@@H](c2ccccc2)[C@H](C(=O)c2ccccc2)C1. The largest absolute Gasteiger partial charge is 0.294 e. The molecule has 3 rings (SSSR count). The van der Waals surface area contributed by atoms with Gasteiger partial charge in [-0.05, 0) is 38.2 Å². The van der Waals surface area contributed by atoms with Gasteiger partial charge in [0.2, 0.25) is 0 Å². The fourth-order valence-electron chi connectivity index (χ4n) is 3.44. The second-order valence-corrected chi connectivity index (χ2v) is 6.32. The summed E-state index contributed by atoms with van der Waals surface area (Å²) < 4.78 is 0. The van der Waals surface area contributed by atoms with Crippen LogP contribution in [0.3, 0.4) is 0 Å². The standard InChI is InChI=1S/C21H22O/c1-15-13-19(17-9-5-3-6-10-17)20(14-16(15)2)21(22)18-11-7-4-8-12-18/h3-12,19-20H,13-14H2,1-2H3/t19-,20+/m0/s1. The number of carbonyl (C=O) groups is 1. The first kappa shape index (κ1) is 14.8. The summed E-state index contributed by atoms with van der Waals surface area (Å²) in [5.74, 6) is 0.618. The first-order chi connectivity index (χ1) is 10.7. The summed E-state index contributed by atoms with van der Waals surface area (Å²) in [7, 11) is 0. The zero-order chi connectivity index (χ0) is 15.5. The molecule has 0 amide bonds. The minimum absolute atomic E-state index is 0.0495. The molecule has 0 heterocycles. The van der Waals surface area contributed by atoms with E-state index < -0.39 is 0 Å². The van der Waals surface area contributed by atoms with E-state index in [4.69, 9.17) is 0 Å². The summed E-state index contributed by atoms with van der Waals surface area (Å²) in [4.78, 5) is 13.0. The van der Waals surface area contributed by atoms with Crippen LogP contribution in [0.2, 0.25) is 0 Å². The third kappa shape index (κ3) is 2.89. The average molecular weight is 290 g/mol. The van der Waals surface area contributed by atoms with Crippen LogP contribution in [0, 0.1) is 5.92 Å². The number of hydrogen-bond donors (Lipinski definition) is 0. The van der Waals surface area contributed by atoms with Crippen molar-refractivity contribution < 1.29 is 4.79 Å². The average Bonchev–Trinajstić information content (AvgIpc) is 2.58. The number of carbonyl (C=O) groups excluding carboxylic acids is 1. The molecule has 0 saturated heterocycles. The molecular weight excluding hydrogens is 268 g/mol. The van der Waals surface area contributed by atoms with Gasteiger partial charge in [0, 0.05) is 11.5 Å². The van der Waals surface area contributed by atoms with Crippen molar-refractivity contribution in [3.8, 4) is 0 Å². The van der Waals surface area contributed by atoms with E-state index in [-0.39, 0.29) is 17.6 Å². The highest BCUT2D eigenvalue weighted by Gasteiger charge is 2.33. The summed E-state index contributed by atoms with van der Waals surface area (Å²) >= 11 is 0. The Labute approximate surface area is 132 Å². The highest BCUT2D eigenvalue weighted by molar-refractivity contribution is 5.98. The molecule has 1 aliphatic carbocycles. The van der Waals surface area contributed by atoms with Crippen molar-refractivity contribution >= 4 is 5.78 Å². The smallest absolute Gasteiger partial charge is 0.166 e. The lowest BCUT2D eigenvalue weighted by atomic mass is 9.70. The van der Waals surface area contributed by atoms with E-state index in [1.165, 1.54) is 16.7 Å². The van der Waals surface area contributed by atoms with Crippen LogP contribution in [-0.2, 0) is 0 Å². The van der Waals surface area contributed by atoms with E-state index in [1.807, 2.05) is 36.4 Å². The Morgan fingerprint density at radius 1 is 0.818 bits per heavy atom. The van der Waals surface area contributed by atoms with Crippen molar-refractivity contribution in [1.82, 2.24) is 0 Å². The Morgan fingerprint density at radius 2 is 1.36 bits per heavy atom. The maximum Gasteiger partial charge on any atom is 0.166 e. The fraction of sp³-hybridized carbons (Fsp3) is 0.286. The quantitative estimate of drug-likeness (QED) is 0.546. The van der Waals surface area contributed by atoms with E-state index in [2.05, 4.69) is 38.1 Å². The summed E-state index contributed by atoms with van der Waals surface area (Å²) in [6.45, 7) is 4.37. The van der Waals surface area contributed by atoms with Gasteiger partial charge in [-0.15, -0.1) is 0 Å². The second kappa shape index (κ2) is 6.31. The van der Waals surface area contributed by atoms with Gasteiger partial charge in [0.05, 0.1) is 0 Å². The molecule has 2 aromatic carbocycles. The van der Waals surface area contributed by atoms with Crippen molar-refractivity contribution in [2.45, 2.75) is 32.6 Å². The zero-order valence-electron chi connectivity index (χ0n) is 13.3. The van der Waals surface area contributed by atoms with Crippen molar-refractivity contribution in [2.75, 3.05) is 0 Å². The maximum absolute atomic E-state index is 13.0. The van der Waals surface area contributed by atoms with E-state index in [0.29, 0.717) is 0 Å². The molecule has 0 aromatic heterocycles. The van der Waals surface area contributed by atoms with Gasteiger partial charge >= 0.3 is 0 Å². The first-order valence-electron chi connectivity index (χ1n) is 7.96. The number of ketones is 1. The molecule has 0 radical (unpaired) electrons. The molecule has 0 spiro atoms. The number of rotatable bonds is 3. The predicted octanol–water partition coefficient (Wildman–Crippen LogP) is 5.40. The molecule has 2 atom stereocenters. The Balaban J connectivity index is 1.97. The highest BCUT2D eigenvalue weighted by Crippen LogP contribution is 2.41. The number of benzene rings is 2. The van der Waals surface area contributed by atoms with Gasteiger partial charge in [0.15, 0.2) is 5.78 Å². The number of Topliss-reactive ketones (excluding diaryl/α,β-unsaturated/α-hetero) is 1. The second-order valence-electron chi connectivity index (χ2n) is 6.32. The Kier molecular flexibility index (Phi) is 4.24. The molecule has 0 unspecified atom stereocenters. The molecule has 0 aliphatic heterocycles. The number of hydrogen-bond acceptors (Lipinski definition) is 1. The van der Waals surface area contributed by atoms with Crippen molar-refractivity contribution in [3.63, 3.8) is 0 Å². The predicted molar refractivity (Wildman–Crippen MR) is 91.1 cm³/mol. The summed E-state index contributed by atoms with van der Waals surface area (Å²) in [6.07, 6.45) is 1.86. The van der Waals surface area contributed by atoms with Gasteiger partial charge in [-0.2, -0.15) is 0 Å². The molecule has 1 aliphatic rings. The Bertz CT molecular complexity index is 682. The summed E-state index contributed by atoms with van der Waals surface area (Å²) in [5.41, 5.74) is 4.93. The third-order valence-electron chi connectivity index (χ3n) is 4.89. The van der Waals surface area contributed by atoms with Crippen LogP contribution in [0.4, 0.5) is 0 Å². The van der Waals surface area contributed by atoms with Crippen molar-refractivity contribution in [3.05, 3.63) is 82.9 Å². The molecule has 0 bridgehead atoms. The van der Waals surface area contributed by atoms with Crippen LogP contribution in [0.1, 0.15) is 48.5 Å². The summed E-state index contributed by atoms with van der Waals surface area (Å²) in [6, 6.07) is 20.2. The van der Waals surface area contributed by atoms with E-state index in [0.717, 1.165) is 18.4 Å². The maximum atomic E-state index is 13.0. The topological polar surface area (TPSA) is 17.1 Å². The Hall–Kier alpha value is -2.15. The fourth-order valence-corrected chi connectivity index (χ4v) is 3.44. The zero-order valence-corrected chi connectivity index (χ0v) is 13.3. The van der Waals surface area contributed by atoms with E-state index in [1.54, 1.807) is 0 Å². The minimum atomic E-state index is 0.0495. The molecule has 0 fully saturated rings. The Morgan fingerprint density at radius 3 is 2.00 bits per heavy atom. The lowest BCUT2D eigenvalue weighted by molar-refractivity contribution is 0.0892. The van der Waals surface area contributed by atoms with Gasteiger partial charge in [0.1, 0.15) is 0 Å². The van der Waals surface area contributed by atoms with Crippen molar-refractivity contribution in [2.24, 2.45) is 5.92 Å². The van der Waals surface area contributed by atoms with Crippen LogP contribution in [0.25, 0.3) is 0 Å². The molecule has 0 saturated carbocycles. The number of allylic oxidation sites excluding steroid dienone is 2.